The third kappa shape index (κ3) is 16.5. The van der Waals surface area contributed by atoms with Gasteiger partial charge in [-0.05, 0) is 0 Å². The molecular formula is C60H18B2F40FeN6. The Morgan fingerprint density at radius 3 is 0.211 bits per heavy atom. The predicted molar refractivity (Wildman–Crippen MR) is 286 cm³/mol. The second-order valence-electron chi connectivity index (χ2n) is 18.9. The minimum absolute atomic E-state index is 0. The van der Waals surface area contributed by atoms with E-state index in [1.54, 1.807) is 36.4 Å². The van der Waals surface area contributed by atoms with Crippen molar-refractivity contribution in [2.45, 2.75) is 41.5 Å². The van der Waals surface area contributed by atoms with Crippen LogP contribution in [0.15, 0.2) is 0 Å². The molecule has 0 saturated carbocycles. The Morgan fingerprint density at radius 1 is 0.128 bits per heavy atom. The molecule has 0 unspecified atom stereocenters. The summed E-state index contributed by atoms with van der Waals surface area (Å²) in [6, 6.07) is 10.5. The van der Waals surface area contributed by atoms with Crippen LogP contribution in [0.5, 0.6) is 0 Å². The van der Waals surface area contributed by atoms with Crippen LogP contribution in [-0.4, -0.2) is 12.3 Å². The second-order valence-corrected chi connectivity index (χ2v) is 18.9. The molecule has 0 saturated heterocycles. The summed E-state index contributed by atoms with van der Waals surface area (Å²) in [5.41, 5.74) is -28.7. The van der Waals surface area contributed by atoms with Crippen LogP contribution in [0.25, 0.3) is 0 Å². The molecular weight excluding hydrogens is 1640 g/mol. The summed E-state index contributed by atoms with van der Waals surface area (Å²) in [5, 5.41) is 43.9. The molecule has 0 N–H and O–H groups in total. The average Bonchev–Trinajstić information content (AvgIpc) is 0.687. The summed E-state index contributed by atoms with van der Waals surface area (Å²) in [4.78, 5) is 0. The molecule has 582 valence electrons. The van der Waals surface area contributed by atoms with Gasteiger partial charge in [0, 0.05) is 41.5 Å². The Labute approximate surface area is 589 Å². The van der Waals surface area contributed by atoms with Crippen LogP contribution in [0, 0.1) is 301 Å². The van der Waals surface area contributed by atoms with Crippen LogP contribution < -0.4 is 43.7 Å². The fourth-order valence-electron chi connectivity index (χ4n) is 9.75. The molecule has 8 rings (SSSR count). The molecule has 0 radical (unpaired) electrons. The number of nitrogens with zero attached hydrogens (tertiary/aromatic N) is 6. The van der Waals surface area contributed by atoms with E-state index >= 15 is 70.2 Å². The molecule has 49 heteroatoms. The summed E-state index contributed by atoms with van der Waals surface area (Å²) < 4.78 is 588. The number of rotatable bonds is 8. The normalized spacial score (nSPS) is 10.3. The Hall–Kier alpha value is -11.5. The van der Waals surface area contributed by atoms with E-state index in [0.717, 1.165) is 0 Å². The van der Waals surface area contributed by atoms with Crippen molar-refractivity contribution < 1.29 is 193 Å². The monoisotopic (exact) mass is 1660 g/mol. The zero-order valence-electron chi connectivity index (χ0n) is 52.3. The topological polar surface area (TPSA) is 143 Å². The molecule has 6 nitrogen and oxygen atoms in total. The molecule has 0 aliphatic carbocycles. The SMILES string of the molecule is CC#N.CC#N.CC#N.CC#N.CC#N.CC#N.Fc1c(F)c(F)c([B-](c2c(F)c(F)c(F)c(F)c2F)(c2c(F)c(F)c(F)c(F)c2F)c2c(F)c(F)c(F)c(F)c2F)c(F)c1F.Fc1c(F)c(F)c([B-](c2c(F)c(F)c(F)c(F)c2F)(c2c(F)c(F)c(F)c(F)c2F)c2c(F)c(F)c(F)c(F)c2F)c(F)c1F.[Fe+2]. The van der Waals surface area contributed by atoms with E-state index < -0.39 is 289 Å². The molecule has 0 amide bonds. The van der Waals surface area contributed by atoms with Crippen LogP contribution in [0.3, 0.4) is 0 Å². The van der Waals surface area contributed by atoms with Crippen LogP contribution in [-0.2, 0) is 17.1 Å². The maximum absolute atomic E-state index is 15.4. The van der Waals surface area contributed by atoms with Crippen molar-refractivity contribution in [1.82, 2.24) is 0 Å². The van der Waals surface area contributed by atoms with Gasteiger partial charge < -0.3 is 0 Å². The van der Waals surface area contributed by atoms with Crippen molar-refractivity contribution in [3.8, 4) is 36.4 Å². The minimum Gasteiger partial charge on any atom is -0.207 e. The van der Waals surface area contributed by atoms with E-state index in [1.165, 1.54) is 41.5 Å². The molecule has 109 heavy (non-hydrogen) atoms. The van der Waals surface area contributed by atoms with Gasteiger partial charge >= 0.3 is 17.1 Å². The quantitative estimate of drug-likeness (QED) is 0.0641. The molecule has 8 aromatic carbocycles. The van der Waals surface area contributed by atoms with E-state index in [4.69, 9.17) is 31.6 Å². The van der Waals surface area contributed by atoms with Gasteiger partial charge in [0.1, 0.15) is 105 Å². The second kappa shape index (κ2) is 38.9. The van der Waals surface area contributed by atoms with Gasteiger partial charge in [0.2, 0.25) is 0 Å². The van der Waals surface area contributed by atoms with Gasteiger partial charge in [-0.3, -0.25) is 0 Å². The summed E-state index contributed by atoms with van der Waals surface area (Å²) in [6.45, 7) is 8.58. The van der Waals surface area contributed by atoms with Crippen molar-refractivity contribution in [3.05, 3.63) is 233 Å². The first-order chi connectivity index (χ1) is 49.9. The molecule has 0 fully saturated rings. The van der Waals surface area contributed by atoms with Crippen LogP contribution in [0.4, 0.5) is 176 Å². The maximum atomic E-state index is 15.4. The van der Waals surface area contributed by atoms with Gasteiger partial charge in [0.25, 0.3) is 0 Å². The number of nitriles is 6. The summed E-state index contributed by atoms with van der Waals surface area (Å²) in [6.07, 6.45) is -14.4. The summed E-state index contributed by atoms with van der Waals surface area (Å²) in [5.74, 6) is -143. The van der Waals surface area contributed by atoms with Gasteiger partial charge in [0.05, 0.1) is 36.4 Å². The van der Waals surface area contributed by atoms with Crippen LogP contribution in [0.1, 0.15) is 41.5 Å². The maximum Gasteiger partial charge on any atom is 2.00 e. The Morgan fingerprint density at radius 2 is 0.165 bits per heavy atom. The number of halogens is 40. The molecule has 0 aliphatic rings. The fourth-order valence-corrected chi connectivity index (χ4v) is 9.75. The number of benzene rings is 8. The van der Waals surface area contributed by atoms with Crippen molar-refractivity contribution in [3.63, 3.8) is 0 Å². The standard InChI is InChI=1S/2C24BF20.6C2H3N.Fe/c2*26-5-1(6(27)14(35)21(42)13(5)34)25(2-7(28)15(36)22(43)16(37)8(2)29,3-9(30)17(38)23(44)18(39)10(3)31)4-11(32)19(40)24(45)20(41)12(4)33;6*1-2-3;/h;;6*1H3;/q2*-1;;;;;;;+2. The van der Waals surface area contributed by atoms with E-state index in [-0.39, 0.29) is 17.1 Å². The predicted octanol–water partition coefficient (Wildman–Crippen LogP) is 14.9. The fraction of sp³-hybridized carbons (Fsp3) is 0.100. The van der Waals surface area contributed by atoms with Crippen molar-refractivity contribution >= 4 is 56.0 Å². The molecule has 0 heterocycles. The van der Waals surface area contributed by atoms with Crippen LogP contribution in [0.2, 0.25) is 0 Å². The third-order valence-electron chi connectivity index (χ3n) is 13.4. The number of hydrogen-bond acceptors (Lipinski definition) is 6. The first kappa shape index (κ1) is 97.5. The smallest absolute Gasteiger partial charge is 0.207 e. The molecule has 0 bridgehead atoms. The van der Waals surface area contributed by atoms with E-state index in [2.05, 4.69) is 0 Å². The van der Waals surface area contributed by atoms with Gasteiger partial charge in [-0.15, -0.1) is 43.7 Å². The largest absolute Gasteiger partial charge is 2.00 e. The van der Waals surface area contributed by atoms with Gasteiger partial charge in [-0.25, -0.2) is 176 Å². The van der Waals surface area contributed by atoms with E-state index in [1.807, 2.05) is 0 Å². The average molecular weight is 1660 g/mol. The Bertz CT molecular complexity index is 4020. The van der Waals surface area contributed by atoms with Crippen LogP contribution >= 0.6 is 0 Å². The zero-order chi connectivity index (χ0) is 85.0. The molecule has 0 atom stereocenters. The molecule has 0 aliphatic heterocycles. The van der Waals surface area contributed by atoms with Gasteiger partial charge in [0.15, 0.2) is 140 Å². The Balaban J connectivity index is 0.00000174. The first-order valence-corrected chi connectivity index (χ1v) is 26.2. The van der Waals surface area contributed by atoms with Gasteiger partial charge in [-0.1, -0.05) is 0 Å². The molecule has 8 aromatic rings. The van der Waals surface area contributed by atoms with Crippen molar-refractivity contribution in [2.24, 2.45) is 0 Å². The summed E-state index contributed by atoms with van der Waals surface area (Å²) >= 11 is 0. The zero-order valence-corrected chi connectivity index (χ0v) is 53.4. The summed E-state index contributed by atoms with van der Waals surface area (Å²) in [7, 11) is 0. The molecule has 0 aromatic heterocycles. The minimum atomic E-state index is -7.22. The van der Waals surface area contributed by atoms with Gasteiger partial charge in [-0.2, -0.15) is 31.6 Å². The Kier molecular flexibility index (Phi) is 34.8. The molecule has 0 spiro atoms. The van der Waals surface area contributed by atoms with Crippen molar-refractivity contribution in [2.75, 3.05) is 0 Å². The number of hydrogen-bond donors (Lipinski definition) is 0. The van der Waals surface area contributed by atoms with E-state index in [0.29, 0.717) is 0 Å². The van der Waals surface area contributed by atoms with E-state index in [9.17, 15) is 105 Å². The first-order valence-electron chi connectivity index (χ1n) is 26.2. The third-order valence-corrected chi connectivity index (χ3v) is 13.4. The van der Waals surface area contributed by atoms with Crippen molar-refractivity contribution in [1.29, 1.82) is 31.6 Å².